The first-order valence-corrected chi connectivity index (χ1v) is 6.40. The third kappa shape index (κ3) is 2.19. The van der Waals surface area contributed by atoms with E-state index in [0.29, 0.717) is 0 Å². The first-order chi connectivity index (χ1) is 9.13. The maximum absolute atomic E-state index is 5.71. The molecule has 1 heterocycles. The summed E-state index contributed by atoms with van der Waals surface area (Å²) in [6.45, 7) is 2.09. The molecule has 0 amide bonds. The fraction of sp³-hybridized carbons (Fsp3) is 0.188. The third-order valence-corrected chi connectivity index (χ3v) is 3.47. The number of nitrogen functional groups attached to an aromatic ring is 1. The lowest BCUT2D eigenvalue weighted by Crippen LogP contribution is -1.99. The molecule has 2 N–H and O–H groups in total. The van der Waals surface area contributed by atoms with Gasteiger partial charge in [-0.3, -0.25) is 0 Å². The molecular weight excluding hydrogens is 234 g/mol. The van der Waals surface area contributed by atoms with Crippen molar-refractivity contribution in [2.45, 2.75) is 13.3 Å². The fourth-order valence-electron chi connectivity index (χ4n) is 2.34. The number of imidazole rings is 1. The Bertz CT molecular complexity index is 724. The standard InChI is InChI=1S/C16H17N3/c1-11-3-8-15-14(9-11)18-16(19(15)2)10-12-4-6-13(17)7-5-12/h3-9H,10,17H2,1-2H3. The number of aryl methyl sites for hydroxylation is 2. The van der Waals surface area contributed by atoms with E-state index in [2.05, 4.69) is 48.9 Å². The van der Waals surface area contributed by atoms with E-state index < -0.39 is 0 Å². The molecule has 0 spiro atoms. The highest BCUT2D eigenvalue weighted by molar-refractivity contribution is 5.76. The Balaban J connectivity index is 2.01. The van der Waals surface area contributed by atoms with Crippen LogP contribution >= 0.6 is 0 Å². The lowest BCUT2D eigenvalue weighted by molar-refractivity contribution is 0.845. The van der Waals surface area contributed by atoms with Gasteiger partial charge in [0.05, 0.1) is 11.0 Å². The van der Waals surface area contributed by atoms with Crippen molar-refractivity contribution < 1.29 is 0 Å². The van der Waals surface area contributed by atoms with Crippen molar-refractivity contribution in [2.24, 2.45) is 7.05 Å². The van der Waals surface area contributed by atoms with Crippen molar-refractivity contribution in [2.75, 3.05) is 5.73 Å². The summed E-state index contributed by atoms with van der Waals surface area (Å²) >= 11 is 0. The number of benzene rings is 2. The first-order valence-electron chi connectivity index (χ1n) is 6.40. The van der Waals surface area contributed by atoms with Gasteiger partial charge in [-0.1, -0.05) is 18.2 Å². The smallest absolute Gasteiger partial charge is 0.114 e. The molecule has 0 aliphatic carbocycles. The Morgan fingerprint density at radius 1 is 1.11 bits per heavy atom. The molecule has 3 rings (SSSR count). The second kappa shape index (κ2) is 4.43. The number of hydrogen-bond acceptors (Lipinski definition) is 2. The zero-order valence-corrected chi connectivity index (χ0v) is 11.2. The van der Waals surface area contributed by atoms with E-state index >= 15 is 0 Å². The highest BCUT2D eigenvalue weighted by Gasteiger charge is 2.08. The maximum atomic E-state index is 5.71. The molecule has 1 aromatic heterocycles. The monoisotopic (exact) mass is 251 g/mol. The van der Waals surface area contributed by atoms with Crippen LogP contribution in [0.3, 0.4) is 0 Å². The second-order valence-electron chi connectivity index (χ2n) is 5.00. The average molecular weight is 251 g/mol. The molecule has 0 saturated heterocycles. The molecule has 0 atom stereocenters. The number of nitrogens with zero attached hydrogens (tertiary/aromatic N) is 2. The zero-order valence-electron chi connectivity index (χ0n) is 11.2. The molecule has 0 fully saturated rings. The third-order valence-electron chi connectivity index (χ3n) is 3.47. The summed E-state index contributed by atoms with van der Waals surface area (Å²) in [7, 11) is 2.07. The first kappa shape index (κ1) is 11.8. The Morgan fingerprint density at radius 3 is 2.58 bits per heavy atom. The van der Waals surface area contributed by atoms with E-state index in [1.165, 1.54) is 16.6 Å². The summed E-state index contributed by atoms with van der Waals surface area (Å²) in [5, 5.41) is 0. The van der Waals surface area contributed by atoms with Crippen LogP contribution in [0.2, 0.25) is 0 Å². The normalized spacial score (nSPS) is 11.1. The van der Waals surface area contributed by atoms with Gasteiger partial charge in [-0.15, -0.1) is 0 Å². The topological polar surface area (TPSA) is 43.8 Å². The van der Waals surface area contributed by atoms with Crippen LogP contribution in [0, 0.1) is 6.92 Å². The van der Waals surface area contributed by atoms with E-state index in [9.17, 15) is 0 Å². The van der Waals surface area contributed by atoms with E-state index in [1.54, 1.807) is 0 Å². The van der Waals surface area contributed by atoms with Gasteiger partial charge in [0.1, 0.15) is 5.82 Å². The summed E-state index contributed by atoms with van der Waals surface area (Å²) in [4.78, 5) is 4.72. The highest BCUT2D eigenvalue weighted by atomic mass is 15.1. The van der Waals surface area contributed by atoms with Gasteiger partial charge in [0.2, 0.25) is 0 Å². The summed E-state index contributed by atoms with van der Waals surface area (Å²) in [5.41, 5.74) is 11.2. The molecule has 19 heavy (non-hydrogen) atoms. The van der Waals surface area contributed by atoms with E-state index in [4.69, 9.17) is 10.7 Å². The molecule has 0 saturated carbocycles. The van der Waals surface area contributed by atoms with Gasteiger partial charge in [0.25, 0.3) is 0 Å². The molecule has 0 aliphatic rings. The van der Waals surface area contributed by atoms with Gasteiger partial charge in [0, 0.05) is 19.2 Å². The van der Waals surface area contributed by atoms with Crippen molar-refractivity contribution in [1.82, 2.24) is 9.55 Å². The minimum absolute atomic E-state index is 0.796. The molecule has 0 aliphatic heterocycles. The summed E-state index contributed by atoms with van der Waals surface area (Å²) in [6, 6.07) is 14.4. The molecule has 0 radical (unpaired) electrons. The van der Waals surface area contributed by atoms with Crippen LogP contribution in [-0.4, -0.2) is 9.55 Å². The molecule has 2 aromatic carbocycles. The van der Waals surface area contributed by atoms with Gasteiger partial charge >= 0.3 is 0 Å². The van der Waals surface area contributed by atoms with Crippen LogP contribution in [0.25, 0.3) is 11.0 Å². The maximum Gasteiger partial charge on any atom is 0.114 e. The van der Waals surface area contributed by atoms with Crippen LogP contribution in [0.1, 0.15) is 17.0 Å². The van der Waals surface area contributed by atoms with E-state index in [0.717, 1.165) is 23.4 Å². The van der Waals surface area contributed by atoms with Gasteiger partial charge < -0.3 is 10.3 Å². The lowest BCUT2D eigenvalue weighted by Gasteiger charge is -2.03. The van der Waals surface area contributed by atoms with Crippen molar-refractivity contribution in [3.05, 3.63) is 59.4 Å². The van der Waals surface area contributed by atoms with E-state index in [-0.39, 0.29) is 0 Å². The minimum Gasteiger partial charge on any atom is -0.399 e. The summed E-state index contributed by atoms with van der Waals surface area (Å²) in [5.74, 6) is 1.07. The molecule has 96 valence electrons. The predicted molar refractivity (Wildman–Crippen MR) is 79.1 cm³/mol. The zero-order chi connectivity index (χ0) is 13.4. The number of anilines is 1. The molecule has 0 unspecified atom stereocenters. The van der Waals surface area contributed by atoms with Crippen molar-refractivity contribution in [3.8, 4) is 0 Å². The Kier molecular flexibility index (Phi) is 2.75. The SMILES string of the molecule is Cc1ccc2c(c1)nc(Cc1ccc(N)cc1)n2C. The number of nitrogens with two attached hydrogens (primary N) is 1. The van der Waals surface area contributed by atoms with Gasteiger partial charge in [0.15, 0.2) is 0 Å². The summed E-state index contributed by atoms with van der Waals surface area (Å²) < 4.78 is 2.16. The Labute approximate surface area is 112 Å². The number of fused-ring (bicyclic) bond motifs is 1. The predicted octanol–water partition coefficient (Wildman–Crippen LogP) is 3.05. The van der Waals surface area contributed by atoms with Gasteiger partial charge in [-0.05, 0) is 42.3 Å². The van der Waals surface area contributed by atoms with Crippen LogP contribution in [0.15, 0.2) is 42.5 Å². The molecule has 3 nitrogen and oxygen atoms in total. The van der Waals surface area contributed by atoms with Gasteiger partial charge in [-0.25, -0.2) is 4.98 Å². The number of hydrogen-bond donors (Lipinski definition) is 1. The molecule has 3 aromatic rings. The number of aromatic nitrogens is 2. The van der Waals surface area contributed by atoms with Crippen molar-refractivity contribution in [3.63, 3.8) is 0 Å². The largest absolute Gasteiger partial charge is 0.399 e. The van der Waals surface area contributed by atoms with Crippen molar-refractivity contribution >= 4 is 16.7 Å². The van der Waals surface area contributed by atoms with Crippen LogP contribution in [0.5, 0.6) is 0 Å². The van der Waals surface area contributed by atoms with Crippen LogP contribution in [-0.2, 0) is 13.5 Å². The summed E-state index contributed by atoms with van der Waals surface area (Å²) in [6.07, 6.45) is 0.824. The van der Waals surface area contributed by atoms with E-state index in [1.807, 2.05) is 12.1 Å². The Morgan fingerprint density at radius 2 is 1.84 bits per heavy atom. The van der Waals surface area contributed by atoms with Crippen LogP contribution in [0.4, 0.5) is 5.69 Å². The highest BCUT2D eigenvalue weighted by Crippen LogP contribution is 2.19. The lowest BCUT2D eigenvalue weighted by atomic mass is 10.1. The fourth-order valence-corrected chi connectivity index (χ4v) is 2.34. The molecule has 0 bridgehead atoms. The molecular formula is C16H17N3. The minimum atomic E-state index is 0.796. The van der Waals surface area contributed by atoms with Crippen molar-refractivity contribution in [1.29, 1.82) is 0 Å². The number of rotatable bonds is 2. The molecule has 3 heteroatoms. The average Bonchev–Trinajstić information content (AvgIpc) is 2.68. The quantitative estimate of drug-likeness (QED) is 0.711. The Hall–Kier alpha value is -2.29. The van der Waals surface area contributed by atoms with Gasteiger partial charge in [-0.2, -0.15) is 0 Å². The second-order valence-corrected chi connectivity index (χ2v) is 5.00. The van der Waals surface area contributed by atoms with Crippen LogP contribution < -0.4 is 5.73 Å².